The maximum Gasteiger partial charge on any atom is 0.265 e. The summed E-state index contributed by atoms with van der Waals surface area (Å²) in [6, 6.07) is 19.6. The van der Waals surface area contributed by atoms with Gasteiger partial charge < -0.3 is 4.74 Å². The van der Waals surface area contributed by atoms with E-state index in [0.717, 1.165) is 24.9 Å². The summed E-state index contributed by atoms with van der Waals surface area (Å²) in [5, 5.41) is 0. The van der Waals surface area contributed by atoms with E-state index >= 15 is 0 Å². The van der Waals surface area contributed by atoms with Crippen LogP contribution < -0.4 is 0 Å². The molecule has 0 bridgehead atoms. The van der Waals surface area contributed by atoms with E-state index in [-0.39, 0.29) is 6.10 Å². The van der Waals surface area contributed by atoms with Crippen molar-refractivity contribution >= 4 is 10.1 Å². The predicted molar refractivity (Wildman–Crippen MR) is 96.6 cm³/mol. The first-order chi connectivity index (χ1) is 12.0. The number of morpholine rings is 1. The molecule has 1 unspecified atom stereocenters. The molecule has 0 aliphatic carbocycles. The van der Waals surface area contributed by atoms with Crippen molar-refractivity contribution in [2.24, 2.45) is 0 Å². The highest BCUT2D eigenvalue weighted by Crippen LogP contribution is 2.28. The standard InChI is InChI=1S/C19H23NO4S/c1-25(21,22)24-19(17-10-6-3-7-11-17)18-15-20(12-13-23-18)14-16-8-4-2-5-9-16/h2-11,18-19H,12-15H2,1H3/t18-,19?/m0/s1. The minimum Gasteiger partial charge on any atom is -0.372 e. The maximum absolute atomic E-state index is 11.7. The van der Waals surface area contributed by atoms with Crippen LogP contribution in [0.5, 0.6) is 0 Å². The number of hydrogen-bond donors (Lipinski definition) is 0. The minimum atomic E-state index is -3.60. The lowest BCUT2D eigenvalue weighted by molar-refractivity contribution is -0.0822. The number of ether oxygens (including phenoxy) is 1. The third kappa shape index (κ3) is 5.37. The molecule has 0 saturated carbocycles. The van der Waals surface area contributed by atoms with E-state index in [4.69, 9.17) is 8.92 Å². The molecule has 134 valence electrons. The molecule has 1 saturated heterocycles. The van der Waals surface area contributed by atoms with Gasteiger partial charge in [0.05, 0.1) is 12.9 Å². The quantitative estimate of drug-likeness (QED) is 0.740. The average Bonchev–Trinajstić information content (AvgIpc) is 2.61. The maximum atomic E-state index is 11.7. The summed E-state index contributed by atoms with van der Waals surface area (Å²) in [5.74, 6) is 0. The normalized spacial score (nSPS) is 20.3. The number of nitrogens with zero attached hydrogens (tertiary/aromatic N) is 1. The highest BCUT2D eigenvalue weighted by molar-refractivity contribution is 7.86. The Bertz CT molecular complexity index is 765. The highest BCUT2D eigenvalue weighted by Gasteiger charge is 2.32. The van der Waals surface area contributed by atoms with Gasteiger partial charge >= 0.3 is 0 Å². The summed E-state index contributed by atoms with van der Waals surface area (Å²) in [5.41, 5.74) is 2.03. The molecule has 0 radical (unpaired) electrons. The summed E-state index contributed by atoms with van der Waals surface area (Å²) in [6.07, 6.45) is 0.0948. The minimum absolute atomic E-state index is 0.338. The SMILES string of the molecule is CS(=O)(=O)OC(c1ccccc1)[C@@H]1CN(Cc2ccccc2)CCO1. The fraction of sp³-hybridized carbons (Fsp3) is 0.368. The van der Waals surface area contributed by atoms with E-state index in [9.17, 15) is 8.42 Å². The van der Waals surface area contributed by atoms with E-state index in [0.29, 0.717) is 13.2 Å². The molecule has 2 aromatic carbocycles. The summed E-state index contributed by atoms with van der Waals surface area (Å²) in [7, 11) is -3.60. The van der Waals surface area contributed by atoms with Gasteiger partial charge in [-0.2, -0.15) is 8.42 Å². The fourth-order valence-electron chi connectivity index (χ4n) is 3.06. The van der Waals surface area contributed by atoms with Gasteiger partial charge in [0.2, 0.25) is 0 Å². The van der Waals surface area contributed by atoms with Crippen LogP contribution >= 0.6 is 0 Å². The Morgan fingerprint density at radius 1 is 1.12 bits per heavy atom. The van der Waals surface area contributed by atoms with Crippen molar-refractivity contribution in [3.05, 3.63) is 71.8 Å². The molecular weight excluding hydrogens is 338 g/mol. The van der Waals surface area contributed by atoms with Gasteiger partial charge in [-0.15, -0.1) is 0 Å². The second-order valence-electron chi connectivity index (χ2n) is 6.26. The first-order valence-electron chi connectivity index (χ1n) is 8.32. The largest absolute Gasteiger partial charge is 0.372 e. The summed E-state index contributed by atoms with van der Waals surface area (Å²) in [6.45, 7) is 2.78. The molecule has 2 atom stereocenters. The van der Waals surface area contributed by atoms with Crippen LogP contribution in [-0.4, -0.2) is 45.4 Å². The van der Waals surface area contributed by atoms with Gasteiger partial charge in [-0.25, -0.2) is 0 Å². The molecule has 3 rings (SSSR count). The van der Waals surface area contributed by atoms with Crippen molar-refractivity contribution in [1.82, 2.24) is 4.90 Å². The molecule has 0 amide bonds. The average molecular weight is 361 g/mol. The lowest BCUT2D eigenvalue weighted by Crippen LogP contribution is -2.45. The van der Waals surface area contributed by atoms with Gasteiger partial charge in [-0.3, -0.25) is 9.08 Å². The van der Waals surface area contributed by atoms with Crippen LogP contribution in [-0.2, 0) is 25.6 Å². The predicted octanol–water partition coefficient (Wildman–Crippen LogP) is 2.60. The van der Waals surface area contributed by atoms with Crippen LogP contribution in [0.15, 0.2) is 60.7 Å². The zero-order chi connectivity index (χ0) is 17.7. The molecule has 1 aliphatic heterocycles. The Labute approximate surface area is 149 Å². The van der Waals surface area contributed by atoms with Crippen molar-refractivity contribution in [1.29, 1.82) is 0 Å². The van der Waals surface area contributed by atoms with Crippen molar-refractivity contribution in [2.75, 3.05) is 26.0 Å². The Balaban J connectivity index is 1.76. The molecule has 25 heavy (non-hydrogen) atoms. The smallest absolute Gasteiger partial charge is 0.265 e. The Hall–Kier alpha value is -1.73. The van der Waals surface area contributed by atoms with Crippen LogP contribution in [0, 0.1) is 0 Å². The Kier molecular flexibility index (Phi) is 5.86. The van der Waals surface area contributed by atoms with E-state index < -0.39 is 16.2 Å². The van der Waals surface area contributed by atoms with Crippen LogP contribution in [0.4, 0.5) is 0 Å². The topological polar surface area (TPSA) is 55.8 Å². The second kappa shape index (κ2) is 8.10. The van der Waals surface area contributed by atoms with E-state index in [2.05, 4.69) is 17.0 Å². The number of benzene rings is 2. The highest BCUT2D eigenvalue weighted by atomic mass is 32.2. The Morgan fingerprint density at radius 3 is 2.40 bits per heavy atom. The molecule has 1 heterocycles. The van der Waals surface area contributed by atoms with E-state index in [1.165, 1.54) is 5.56 Å². The van der Waals surface area contributed by atoms with Gasteiger partial charge in [0.25, 0.3) is 10.1 Å². The van der Waals surface area contributed by atoms with Gasteiger partial charge in [0.15, 0.2) is 0 Å². The van der Waals surface area contributed by atoms with Crippen molar-refractivity contribution < 1.29 is 17.3 Å². The molecule has 0 aromatic heterocycles. The van der Waals surface area contributed by atoms with E-state index in [1.54, 1.807) is 0 Å². The third-order valence-corrected chi connectivity index (χ3v) is 4.73. The van der Waals surface area contributed by atoms with Gasteiger partial charge in [0.1, 0.15) is 12.2 Å². The molecule has 0 N–H and O–H groups in total. The molecule has 5 nitrogen and oxygen atoms in total. The van der Waals surface area contributed by atoms with Crippen LogP contribution in [0.2, 0.25) is 0 Å². The molecule has 1 aliphatic rings. The van der Waals surface area contributed by atoms with Crippen LogP contribution in [0.25, 0.3) is 0 Å². The van der Waals surface area contributed by atoms with Gasteiger partial charge in [0, 0.05) is 19.6 Å². The molecule has 6 heteroatoms. The molecular formula is C19H23NO4S. The Morgan fingerprint density at radius 2 is 1.76 bits per heavy atom. The van der Waals surface area contributed by atoms with Gasteiger partial charge in [-0.05, 0) is 11.1 Å². The van der Waals surface area contributed by atoms with Crippen LogP contribution in [0.1, 0.15) is 17.2 Å². The molecule has 2 aromatic rings. The van der Waals surface area contributed by atoms with Crippen LogP contribution in [0.3, 0.4) is 0 Å². The van der Waals surface area contributed by atoms with E-state index in [1.807, 2.05) is 48.5 Å². The summed E-state index contributed by atoms with van der Waals surface area (Å²) < 4.78 is 34.7. The fourth-order valence-corrected chi connectivity index (χ4v) is 3.67. The first-order valence-corrected chi connectivity index (χ1v) is 10.1. The zero-order valence-corrected chi connectivity index (χ0v) is 15.1. The summed E-state index contributed by atoms with van der Waals surface area (Å²) >= 11 is 0. The van der Waals surface area contributed by atoms with Crippen molar-refractivity contribution in [2.45, 2.75) is 18.8 Å². The lowest BCUT2D eigenvalue weighted by Gasteiger charge is -2.36. The molecule has 1 fully saturated rings. The zero-order valence-electron chi connectivity index (χ0n) is 14.2. The third-order valence-electron chi connectivity index (χ3n) is 4.17. The van der Waals surface area contributed by atoms with Crippen molar-refractivity contribution in [3.8, 4) is 0 Å². The molecule has 0 spiro atoms. The summed E-state index contributed by atoms with van der Waals surface area (Å²) in [4.78, 5) is 2.27. The number of hydrogen-bond acceptors (Lipinski definition) is 5. The number of rotatable bonds is 6. The first kappa shape index (κ1) is 18.1. The van der Waals surface area contributed by atoms with Gasteiger partial charge in [-0.1, -0.05) is 60.7 Å². The lowest BCUT2D eigenvalue weighted by atomic mass is 10.0. The second-order valence-corrected chi connectivity index (χ2v) is 7.86. The van der Waals surface area contributed by atoms with Crippen molar-refractivity contribution in [3.63, 3.8) is 0 Å². The monoisotopic (exact) mass is 361 g/mol.